The molecular formula is C10H15N3O. The van der Waals surface area contributed by atoms with E-state index in [4.69, 9.17) is 4.74 Å². The van der Waals surface area contributed by atoms with E-state index < -0.39 is 0 Å². The van der Waals surface area contributed by atoms with Crippen LogP contribution >= 0.6 is 0 Å². The van der Waals surface area contributed by atoms with Crippen LogP contribution in [0.5, 0.6) is 6.01 Å². The number of likely N-dealkylation sites (tertiary alicyclic amines) is 1. The highest BCUT2D eigenvalue weighted by Gasteiger charge is 2.22. The first-order valence-electron chi connectivity index (χ1n) is 4.85. The predicted molar refractivity (Wildman–Crippen MR) is 53.0 cm³/mol. The molecule has 0 atom stereocenters. The van der Waals surface area contributed by atoms with Gasteiger partial charge in [0.15, 0.2) is 0 Å². The zero-order chi connectivity index (χ0) is 9.97. The van der Waals surface area contributed by atoms with Crippen LogP contribution < -0.4 is 4.74 Å². The minimum Gasteiger partial charge on any atom is -0.467 e. The summed E-state index contributed by atoms with van der Waals surface area (Å²) < 4.78 is 4.90. The van der Waals surface area contributed by atoms with Crippen molar-refractivity contribution < 1.29 is 4.74 Å². The maximum Gasteiger partial charge on any atom is 0.316 e. The van der Waals surface area contributed by atoms with Crippen LogP contribution in [-0.2, 0) is 6.54 Å². The van der Waals surface area contributed by atoms with Gasteiger partial charge in [-0.05, 0) is 5.92 Å². The van der Waals surface area contributed by atoms with Crippen molar-refractivity contribution in [1.29, 1.82) is 0 Å². The van der Waals surface area contributed by atoms with Gasteiger partial charge in [-0.3, -0.25) is 4.90 Å². The molecule has 1 saturated heterocycles. The lowest BCUT2D eigenvalue weighted by atomic mass is 10.0. The maximum atomic E-state index is 4.90. The topological polar surface area (TPSA) is 38.2 Å². The molecule has 4 nitrogen and oxygen atoms in total. The smallest absolute Gasteiger partial charge is 0.316 e. The molecule has 0 amide bonds. The maximum absolute atomic E-state index is 4.90. The minimum atomic E-state index is 0.436. The van der Waals surface area contributed by atoms with E-state index in [-0.39, 0.29) is 0 Å². The molecular weight excluding hydrogens is 178 g/mol. The lowest BCUT2D eigenvalue weighted by Crippen LogP contribution is -2.44. The summed E-state index contributed by atoms with van der Waals surface area (Å²) in [4.78, 5) is 10.5. The van der Waals surface area contributed by atoms with E-state index in [2.05, 4.69) is 21.8 Å². The zero-order valence-corrected chi connectivity index (χ0v) is 8.60. The van der Waals surface area contributed by atoms with Gasteiger partial charge in [0.1, 0.15) is 0 Å². The van der Waals surface area contributed by atoms with E-state index in [0.717, 1.165) is 18.0 Å². The first-order chi connectivity index (χ1) is 6.78. The van der Waals surface area contributed by atoms with E-state index >= 15 is 0 Å². The molecule has 1 fully saturated rings. The number of nitrogens with zero attached hydrogens (tertiary/aromatic N) is 3. The largest absolute Gasteiger partial charge is 0.467 e. The quantitative estimate of drug-likeness (QED) is 0.716. The molecule has 14 heavy (non-hydrogen) atoms. The average molecular weight is 193 g/mol. The van der Waals surface area contributed by atoms with Gasteiger partial charge in [0.2, 0.25) is 0 Å². The fourth-order valence-corrected chi connectivity index (χ4v) is 1.75. The summed E-state index contributed by atoms with van der Waals surface area (Å²) in [5.74, 6) is 0.842. The average Bonchev–Trinajstić information content (AvgIpc) is 2.17. The Bertz CT molecular complexity index is 293. The van der Waals surface area contributed by atoms with Gasteiger partial charge >= 0.3 is 6.01 Å². The van der Waals surface area contributed by atoms with Gasteiger partial charge in [-0.2, -0.15) is 0 Å². The minimum absolute atomic E-state index is 0.436. The van der Waals surface area contributed by atoms with Crippen LogP contribution in [0.25, 0.3) is 0 Å². The van der Waals surface area contributed by atoms with Gasteiger partial charge in [-0.15, -0.1) is 0 Å². The van der Waals surface area contributed by atoms with E-state index in [0.29, 0.717) is 6.01 Å². The lowest BCUT2D eigenvalue weighted by molar-refractivity contribution is 0.104. The monoisotopic (exact) mass is 193 g/mol. The highest BCUT2D eigenvalue weighted by atomic mass is 16.5. The lowest BCUT2D eigenvalue weighted by Gasteiger charge is -2.36. The fourth-order valence-electron chi connectivity index (χ4n) is 1.75. The molecule has 0 N–H and O–H groups in total. The molecule has 1 aromatic rings. The van der Waals surface area contributed by atoms with Crippen molar-refractivity contribution in [2.75, 3.05) is 20.2 Å². The summed E-state index contributed by atoms with van der Waals surface area (Å²) in [5.41, 5.74) is 1.15. The summed E-state index contributed by atoms with van der Waals surface area (Å²) in [6, 6.07) is 0.436. The third-order valence-corrected chi connectivity index (χ3v) is 2.41. The SMILES string of the molecule is COc1ncc(CN2CC(C)C2)cn1. The molecule has 1 aliphatic rings. The summed E-state index contributed by atoms with van der Waals surface area (Å²) in [6.07, 6.45) is 3.66. The number of rotatable bonds is 3. The van der Waals surface area contributed by atoms with Crippen LogP contribution in [0.15, 0.2) is 12.4 Å². The van der Waals surface area contributed by atoms with Crippen LogP contribution in [0.1, 0.15) is 12.5 Å². The number of ether oxygens (including phenoxy) is 1. The van der Waals surface area contributed by atoms with Crippen molar-refractivity contribution in [3.8, 4) is 6.01 Å². The Hall–Kier alpha value is -1.16. The van der Waals surface area contributed by atoms with Crippen molar-refractivity contribution in [1.82, 2.24) is 14.9 Å². The molecule has 2 rings (SSSR count). The first kappa shape index (κ1) is 9.40. The van der Waals surface area contributed by atoms with Gasteiger partial charge in [0.05, 0.1) is 7.11 Å². The Kier molecular flexibility index (Phi) is 2.63. The second-order valence-corrected chi connectivity index (χ2v) is 3.88. The third-order valence-electron chi connectivity index (χ3n) is 2.41. The van der Waals surface area contributed by atoms with Crippen LogP contribution in [0, 0.1) is 5.92 Å². The molecule has 0 aliphatic carbocycles. The highest BCUT2D eigenvalue weighted by Crippen LogP contribution is 2.17. The molecule has 0 aromatic carbocycles. The Morgan fingerprint density at radius 1 is 1.43 bits per heavy atom. The van der Waals surface area contributed by atoms with E-state index in [1.807, 2.05) is 12.4 Å². The number of hydrogen-bond donors (Lipinski definition) is 0. The summed E-state index contributed by atoms with van der Waals surface area (Å²) in [6.45, 7) is 5.59. The van der Waals surface area contributed by atoms with Crippen molar-refractivity contribution in [3.05, 3.63) is 18.0 Å². The molecule has 0 bridgehead atoms. The highest BCUT2D eigenvalue weighted by molar-refractivity contribution is 5.07. The van der Waals surface area contributed by atoms with E-state index in [9.17, 15) is 0 Å². The molecule has 4 heteroatoms. The van der Waals surface area contributed by atoms with Crippen molar-refractivity contribution in [3.63, 3.8) is 0 Å². The molecule has 0 spiro atoms. The second-order valence-electron chi connectivity index (χ2n) is 3.88. The zero-order valence-electron chi connectivity index (χ0n) is 8.60. The van der Waals surface area contributed by atoms with Crippen LogP contribution in [0.3, 0.4) is 0 Å². The molecule has 0 unspecified atom stereocenters. The van der Waals surface area contributed by atoms with Gasteiger partial charge < -0.3 is 4.74 Å². The van der Waals surface area contributed by atoms with Crippen LogP contribution in [0.4, 0.5) is 0 Å². The first-order valence-corrected chi connectivity index (χ1v) is 4.85. The number of hydrogen-bond acceptors (Lipinski definition) is 4. The molecule has 76 valence electrons. The van der Waals surface area contributed by atoms with Gasteiger partial charge in [0.25, 0.3) is 0 Å². The Labute approximate surface area is 83.9 Å². The third kappa shape index (κ3) is 2.01. The van der Waals surface area contributed by atoms with Crippen LogP contribution in [0.2, 0.25) is 0 Å². The van der Waals surface area contributed by atoms with E-state index in [1.54, 1.807) is 7.11 Å². The summed E-state index contributed by atoms with van der Waals surface area (Å²) in [5, 5.41) is 0. The Morgan fingerprint density at radius 2 is 2.07 bits per heavy atom. The van der Waals surface area contributed by atoms with Crippen molar-refractivity contribution in [2.45, 2.75) is 13.5 Å². The van der Waals surface area contributed by atoms with Crippen LogP contribution in [-0.4, -0.2) is 35.1 Å². The normalized spacial score (nSPS) is 17.9. The Morgan fingerprint density at radius 3 is 2.57 bits per heavy atom. The fraction of sp³-hybridized carbons (Fsp3) is 0.600. The molecule has 1 aliphatic heterocycles. The molecule has 0 saturated carbocycles. The molecule has 0 radical (unpaired) electrons. The number of methoxy groups -OCH3 is 1. The number of aromatic nitrogens is 2. The standard InChI is InChI=1S/C10H15N3O/c1-8-5-13(6-8)7-9-3-11-10(14-2)12-4-9/h3-4,8H,5-7H2,1-2H3. The Balaban J connectivity index is 1.90. The second kappa shape index (κ2) is 3.92. The molecule has 1 aromatic heterocycles. The van der Waals surface area contributed by atoms with Gasteiger partial charge in [-0.25, -0.2) is 9.97 Å². The van der Waals surface area contributed by atoms with E-state index in [1.165, 1.54) is 13.1 Å². The van der Waals surface area contributed by atoms with Gasteiger partial charge in [-0.1, -0.05) is 6.92 Å². The predicted octanol–water partition coefficient (Wildman–Crippen LogP) is 0.937. The summed E-state index contributed by atoms with van der Waals surface area (Å²) >= 11 is 0. The summed E-state index contributed by atoms with van der Waals surface area (Å²) in [7, 11) is 1.58. The van der Waals surface area contributed by atoms with Gasteiger partial charge in [0, 0.05) is 37.6 Å². The van der Waals surface area contributed by atoms with Crippen molar-refractivity contribution in [2.24, 2.45) is 5.92 Å². The molecule has 2 heterocycles. The van der Waals surface area contributed by atoms with Crippen molar-refractivity contribution >= 4 is 0 Å².